The molecule has 112 valence electrons. The third kappa shape index (κ3) is 3.93. The van der Waals surface area contributed by atoms with Crippen molar-refractivity contribution < 1.29 is 14.3 Å². The van der Waals surface area contributed by atoms with Gasteiger partial charge >= 0.3 is 0 Å². The number of ether oxygens (including phenoxy) is 1. The van der Waals surface area contributed by atoms with Gasteiger partial charge in [-0.2, -0.15) is 0 Å². The molecule has 0 radical (unpaired) electrons. The van der Waals surface area contributed by atoms with E-state index in [2.05, 4.69) is 10.9 Å². The first kappa shape index (κ1) is 15.8. The Balaban J connectivity index is 1.96. The molecule has 7 heteroatoms. The lowest BCUT2D eigenvalue weighted by atomic mass is 10.2. The van der Waals surface area contributed by atoms with Crippen LogP contribution in [0.2, 0.25) is 5.02 Å². The summed E-state index contributed by atoms with van der Waals surface area (Å²) in [6, 6.07) is 7.49. The highest BCUT2D eigenvalue weighted by Gasteiger charge is 2.17. The van der Waals surface area contributed by atoms with E-state index in [1.54, 1.807) is 0 Å². The molecule has 0 aliphatic carbocycles. The average molecular weight is 327 g/mol. The van der Waals surface area contributed by atoms with Crippen LogP contribution in [0, 0.1) is 0 Å². The fourth-order valence-electron chi connectivity index (χ4n) is 1.72. The zero-order valence-electron chi connectivity index (χ0n) is 11.4. The van der Waals surface area contributed by atoms with Crippen molar-refractivity contribution in [1.29, 1.82) is 0 Å². The Morgan fingerprint density at radius 3 is 2.76 bits per heavy atom. The van der Waals surface area contributed by atoms with Crippen LogP contribution >= 0.6 is 22.9 Å². The van der Waals surface area contributed by atoms with Crippen molar-refractivity contribution in [3.05, 3.63) is 34.2 Å². The van der Waals surface area contributed by atoms with Gasteiger partial charge in [0.1, 0.15) is 4.88 Å². The first-order chi connectivity index (χ1) is 10.1. The van der Waals surface area contributed by atoms with Gasteiger partial charge in [0.15, 0.2) is 0 Å². The Kier molecular flexibility index (Phi) is 5.55. The largest absolute Gasteiger partial charge is 0.381 e. The summed E-state index contributed by atoms with van der Waals surface area (Å²) in [5.41, 5.74) is 4.70. The Labute approximate surface area is 131 Å². The number of carbonyl (C=O) groups is 2. The van der Waals surface area contributed by atoms with E-state index in [0.29, 0.717) is 23.1 Å². The number of nitrogens with one attached hydrogen (secondary N) is 2. The van der Waals surface area contributed by atoms with Crippen molar-refractivity contribution in [3.8, 4) is 0 Å². The second kappa shape index (κ2) is 7.40. The van der Waals surface area contributed by atoms with Gasteiger partial charge < -0.3 is 4.74 Å². The number of benzene rings is 1. The number of hydrogen-bond acceptors (Lipinski definition) is 4. The molecule has 0 aliphatic rings. The van der Waals surface area contributed by atoms with Gasteiger partial charge in [0.2, 0.25) is 5.91 Å². The van der Waals surface area contributed by atoms with Crippen LogP contribution in [0.3, 0.4) is 0 Å². The van der Waals surface area contributed by atoms with Crippen molar-refractivity contribution in [2.45, 2.75) is 13.3 Å². The first-order valence-corrected chi connectivity index (χ1v) is 7.67. The molecule has 0 aliphatic heterocycles. The minimum atomic E-state index is -0.425. The molecule has 5 nitrogen and oxygen atoms in total. The molecule has 1 aromatic heterocycles. The molecule has 2 aromatic rings. The lowest BCUT2D eigenvalue weighted by molar-refractivity contribution is -0.122. The number of hydrogen-bond donors (Lipinski definition) is 2. The summed E-state index contributed by atoms with van der Waals surface area (Å²) >= 11 is 7.47. The van der Waals surface area contributed by atoms with Crippen molar-refractivity contribution in [1.82, 2.24) is 10.9 Å². The van der Waals surface area contributed by atoms with Crippen LogP contribution in [0.5, 0.6) is 0 Å². The van der Waals surface area contributed by atoms with Crippen LogP contribution in [-0.4, -0.2) is 25.0 Å². The van der Waals surface area contributed by atoms with Crippen molar-refractivity contribution in [2.24, 2.45) is 0 Å². The van der Waals surface area contributed by atoms with E-state index in [1.807, 2.05) is 31.2 Å². The van der Waals surface area contributed by atoms with Crippen LogP contribution in [0.4, 0.5) is 0 Å². The zero-order chi connectivity index (χ0) is 15.2. The molecule has 2 amide bonds. The second-order valence-electron chi connectivity index (χ2n) is 4.19. The quantitative estimate of drug-likeness (QED) is 0.656. The summed E-state index contributed by atoms with van der Waals surface area (Å²) in [6.07, 6.45) is 0.189. The second-order valence-corrected chi connectivity index (χ2v) is 5.62. The van der Waals surface area contributed by atoms with Gasteiger partial charge in [0, 0.05) is 16.7 Å². The Hall–Kier alpha value is -1.63. The van der Waals surface area contributed by atoms with Gasteiger partial charge in [0.25, 0.3) is 5.91 Å². The molecule has 0 saturated heterocycles. The minimum absolute atomic E-state index is 0.189. The standard InChI is InChI=1S/C14H15ClN2O3S/c1-2-20-8-7-11(18)16-17-14(19)13-12(15)9-5-3-4-6-10(9)21-13/h3-6H,2,7-8H2,1H3,(H,16,18)(H,17,19). The number of carbonyl (C=O) groups excluding carboxylic acids is 2. The fourth-order valence-corrected chi connectivity index (χ4v) is 3.13. The normalized spacial score (nSPS) is 10.6. The van der Waals surface area contributed by atoms with Gasteiger partial charge in [0.05, 0.1) is 18.1 Å². The highest BCUT2D eigenvalue weighted by molar-refractivity contribution is 7.21. The zero-order valence-corrected chi connectivity index (χ0v) is 13.0. The van der Waals surface area contributed by atoms with Gasteiger partial charge in [-0.1, -0.05) is 29.8 Å². The molecular formula is C14H15ClN2O3S. The van der Waals surface area contributed by atoms with Gasteiger partial charge in [-0.25, -0.2) is 0 Å². The molecule has 0 spiro atoms. The Bertz CT molecular complexity index is 657. The van der Waals surface area contributed by atoms with Crippen LogP contribution in [0.25, 0.3) is 10.1 Å². The first-order valence-electron chi connectivity index (χ1n) is 6.47. The fraction of sp³-hybridized carbons (Fsp3) is 0.286. The van der Waals surface area contributed by atoms with Gasteiger partial charge in [-0.05, 0) is 13.0 Å². The summed E-state index contributed by atoms with van der Waals surface area (Å²) < 4.78 is 5.99. The van der Waals surface area contributed by atoms with E-state index >= 15 is 0 Å². The summed E-state index contributed by atoms with van der Waals surface area (Å²) in [4.78, 5) is 23.9. The average Bonchev–Trinajstić information content (AvgIpc) is 2.83. The molecule has 0 unspecified atom stereocenters. The monoisotopic (exact) mass is 326 g/mol. The maximum absolute atomic E-state index is 12.0. The topological polar surface area (TPSA) is 67.4 Å². The Morgan fingerprint density at radius 2 is 2.05 bits per heavy atom. The minimum Gasteiger partial charge on any atom is -0.381 e. The third-order valence-electron chi connectivity index (χ3n) is 2.73. The molecule has 0 saturated carbocycles. The van der Waals surface area contributed by atoms with Gasteiger partial charge in [-0.15, -0.1) is 11.3 Å². The molecule has 1 aromatic carbocycles. The predicted octanol–water partition coefficient (Wildman–Crippen LogP) is 2.74. The lowest BCUT2D eigenvalue weighted by Crippen LogP contribution is -2.41. The molecule has 2 N–H and O–H groups in total. The molecule has 1 heterocycles. The molecule has 21 heavy (non-hydrogen) atoms. The number of halogens is 1. The van der Waals surface area contributed by atoms with Crippen LogP contribution < -0.4 is 10.9 Å². The maximum Gasteiger partial charge on any atom is 0.281 e. The smallest absolute Gasteiger partial charge is 0.281 e. The van der Waals surface area contributed by atoms with Crippen LogP contribution in [-0.2, 0) is 9.53 Å². The summed E-state index contributed by atoms with van der Waals surface area (Å²) in [7, 11) is 0. The number of amides is 2. The summed E-state index contributed by atoms with van der Waals surface area (Å²) in [5, 5.41) is 1.23. The van der Waals surface area contributed by atoms with E-state index in [4.69, 9.17) is 16.3 Å². The van der Waals surface area contributed by atoms with E-state index in [0.717, 1.165) is 10.1 Å². The van der Waals surface area contributed by atoms with Crippen molar-refractivity contribution in [2.75, 3.05) is 13.2 Å². The number of rotatable bonds is 5. The van der Waals surface area contributed by atoms with Crippen molar-refractivity contribution >= 4 is 44.8 Å². The highest BCUT2D eigenvalue weighted by atomic mass is 35.5. The molecule has 0 fully saturated rings. The van der Waals surface area contributed by atoms with E-state index in [-0.39, 0.29) is 12.3 Å². The summed E-state index contributed by atoms with van der Waals surface area (Å²) in [6.45, 7) is 2.72. The molecule has 0 atom stereocenters. The number of thiophene rings is 1. The van der Waals surface area contributed by atoms with E-state index in [9.17, 15) is 9.59 Å². The number of fused-ring (bicyclic) bond motifs is 1. The van der Waals surface area contributed by atoms with Crippen molar-refractivity contribution in [3.63, 3.8) is 0 Å². The molecule has 0 bridgehead atoms. The Morgan fingerprint density at radius 1 is 1.29 bits per heavy atom. The van der Waals surface area contributed by atoms with E-state index < -0.39 is 5.91 Å². The lowest BCUT2D eigenvalue weighted by Gasteiger charge is -2.06. The number of hydrazine groups is 1. The van der Waals surface area contributed by atoms with E-state index in [1.165, 1.54) is 11.3 Å². The van der Waals surface area contributed by atoms with Crippen LogP contribution in [0.1, 0.15) is 23.0 Å². The summed E-state index contributed by atoms with van der Waals surface area (Å²) in [5.74, 6) is -0.736. The SMILES string of the molecule is CCOCCC(=O)NNC(=O)c1sc2ccccc2c1Cl. The maximum atomic E-state index is 12.0. The van der Waals surface area contributed by atoms with Gasteiger partial charge in [-0.3, -0.25) is 20.4 Å². The third-order valence-corrected chi connectivity index (χ3v) is 4.41. The molecular weight excluding hydrogens is 312 g/mol. The predicted molar refractivity (Wildman–Crippen MR) is 83.6 cm³/mol. The van der Waals surface area contributed by atoms with Crippen LogP contribution in [0.15, 0.2) is 24.3 Å². The highest BCUT2D eigenvalue weighted by Crippen LogP contribution is 2.34. The molecule has 2 rings (SSSR count).